The van der Waals surface area contributed by atoms with Crippen LogP contribution in [0.4, 0.5) is 0 Å². The summed E-state index contributed by atoms with van der Waals surface area (Å²) >= 11 is 3.22. The summed E-state index contributed by atoms with van der Waals surface area (Å²) in [6.45, 7) is 1.82. The molecule has 0 aliphatic rings. The van der Waals surface area contributed by atoms with Crippen molar-refractivity contribution in [3.05, 3.63) is 17.9 Å². The third-order valence-corrected chi connectivity index (χ3v) is 2.03. The lowest BCUT2D eigenvalue weighted by molar-refractivity contribution is 0.410. The molecule has 0 aromatic carbocycles. The van der Waals surface area contributed by atoms with E-state index in [0.29, 0.717) is 22.8 Å². The Labute approximate surface area is 82.3 Å². The van der Waals surface area contributed by atoms with Crippen molar-refractivity contribution in [3.63, 3.8) is 0 Å². The zero-order valence-corrected chi connectivity index (χ0v) is 8.41. The molecule has 68 valence electrons. The minimum Gasteiger partial charge on any atom is -0.438 e. The quantitative estimate of drug-likeness (QED) is 0.755. The van der Waals surface area contributed by atoms with Crippen LogP contribution in [-0.4, -0.2) is 15.1 Å². The van der Waals surface area contributed by atoms with Gasteiger partial charge in [-0.05, 0) is 6.92 Å². The van der Waals surface area contributed by atoms with Gasteiger partial charge in [0.15, 0.2) is 12.2 Å². The first-order valence-corrected chi connectivity index (χ1v) is 4.72. The van der Waals surface area contributed by atoms with Crippen LogP contribution in [0.5, 0.6) is 0 Å². The number of nitrogens with zero attached hydrogens (tertiary/aromatic N) is 3. The molecule has 0 radical (unpaired) electrons. The first-order valence-electron chi connectivity index (χ1n) is 3.60. The van der Waals surface area contributed by atoms with Crippen LogP contribution >= 0.6 is 15.9 Å². The Hall–Kier alpha value is -1.17. The molecule has 6 heteroatoms. The van der Waals surface area contributed by atoms with Gasteiger partial charge in [0.2, 0.25) is 5.76 Å². The fraction of sp³-hybridized carbons (Fsp3) is 0.286. The molecular weight excluding hydrogens is 238 g/mol. The van der Waals surface area contributed by atoms with Crippen molar-refractivity contribution >= 4 is 15.9 Å². The molecule has 2 heterocycles. The van der Waals surface area contributed by atoms with Gasteiger partial charge in [-0.2, -0.15) is 4.98 Å². The normalized spacial score (nSPS) is 10.6. The summed E-state index contributed by atoms with van der Waals surface area (Å²) in [4.78, 5) is 8.00. The molecule has 2 rings (SSSR count). The first kappa shape index (κ1) is 8.43. The summed E-state index contributed by atoms with van der Waals surface area (Å²) in [5, 5.41) is 4.27. The fourth-order valence-electron chi connectivity index (χ4n) is 0.908. The molecule has 0 spiro atoms. The fourth-order valence-corrected chi connectivity index (χ4v) is 1.14. The highest BCUT2D eigenvalue weighted by Crippen LogP contribution is 2.20. The molecule has 0 aliphatic heterocycles. The maximum Gasteiger partial charge on any atom is 0.295 e. The number of rotatable bonds is 2. The van der Waals surface area contributed by atoms with Gasteiger partial charge in [0, 0.05) is 0 Å². The molecule has 13 heavy (non-hydrogen) atoms. The van der Waals surface area contributed by atoms with Gasteiger partial charge < -0.3 is 8.94 Å². The largest absolute Gasteiger partial charge is 0.438 e. The minimum absolute atomic E-state index is 0.365. The highest BCUT2D eigenvalue weighted by Gasteiger charge is 2.14. The SMILES string of the molecule is Cc1ncoc1-c1nc(CBr)no1. The predicted molar refractivity (Wildman–Crippen MR) is 47.2 cm³/mol. The molecule has 0 N–H and O–H groups in total. The van der Waals surface area contributed by atoms with E-state index in [1.54, 1.807) is 0 Å². The van der Waals surface area contributed by atoms with Crippen LogP contribution in [0.2, 0.25) is 0 Å². The third-order valence-electron chi connectivity index (χ3n) is 1.53. The number of hydrogen-bond donors (Lipinski definition) is 0. The molecule has 0 saturated carbocycles. The van der Waals surface area contributed by atoms with Gasteiger partial charge in [-0.3, -0.25) is 0 Å². The highest BCUT2D eigenvalue weighted by atomic mass is 79.9. The molecule has 2 aromatic rings. The van der Waals surface area contributed by atoms with Crippen molar-refractivity contribution in [3.8, 4) is 11.7 Å². The number of oxazole rings is 1. The summed E-state index contributed by atoms with van der Waals surface area (Å²) in [6.07, 6.45) is 1.35. The molecule has 0 bridgehead atoms. The second kappa shape index (κ2) is 3.29. The average molecular weight is 244 g/mol. The van der Waals surface area contributed by atoms with E-state index < -0.39 is 0 Å². The van der Waals surface area contributed by atoms with Crippen LogP contribution in [0.15, 0.2) is 15.3 Å². The van der Waals surface area contributed by atoms with Crippen LogP contribution in [0.3, 0.4) is 0 Å². The molecule has 0 fully saturated rings. The van der Waals surface area contributed by atoms with Gasteiger partial charge in [0.25, 0.3) is 5.89 Å². The van der Waals surface area contributed by atoms with E-state index in [2.05, 4.69) is 31.1 Å². The van der Waals surface area contributed by atoms with E-state index in [4.69, 9.17) is 8.94 Å². The van der Waals surface area contributed by atoms with Crippen LogP contribution in [-0.2, 0) is 5.33 Å². The Morgan fingerprint density at radius 2 is 2.38 bits per heavy atom. The van der Waals surface area contributed by atoms with Crippen LogP contribution in [0.1, 0.15) is 11.5 Å². The lowest BCUT2D eigenvalue weighted by atomic mass is 10.4. The Balaban J connectivity index is 2.41. The van der Waals surface area contributed by atoms with Crippen LogP contribution in [0, 0.1) is 6.92 Å². The number of halogens is 1. The monoisotopic (exact) mass is 243 g/mol. The average Bonchev–Trinajstić information content (AvgIpc) is 2.71. The highest BCUT2D eigenvalue weighted by molar-refractivity contribution is 9.08. The van der Waals surface area contributed by atoms with Gasteiger partial charge in [-0.25, -0.2) is 4.98 Å². The zero-order valence-electron chi connectivity index (χ0n) is 6.82. The molecule has 0 saturated heterocycles. The summed E-state index contributed by atoms with van der Waals surface area (Å²) in [7, 11) is 0. The second-order valence-corrected chi connectivity index (χ2v) is 2.98. The molecule has 0 aliphatic carbocycles. The van der Waals surface area contributed by atoms with E-state index in [-0.39, 0.29) is 0 Å². The minimum atomic E-state index is 0.365. The Morgan fingerprint density at radius 3 is 2.92 bits per heavy atom. The van der Waals surface area contributed by atoms with E-state index >= 15 is 0 Å². The van der Waals surface area contributed by atoms with Crippen molar-refractivity contribution < 1.29 is 8.94 Å². The van der Waals surface area contributed by atoms with Crippen molar-refractivity contribution in [2.45, 2.75) is 12.3 Å². The maximum absolute atomic E-state index is 5.09. The van der Waals surface area contributed by atoms with E-state index in [1.165, 1.54) is 6.39 Å². The molecular formula is C7H6BrN3O2. The zero-order chi connectivity index (χ0) is 9.26. The van der Waals surface area contributed by atoms with E-state index in [0.717, 1.165) is 5.69 Å². The molecule has 0 atom stereocenters. The van der Waals surface area contributed by atoms with Crippen molar-refractivity contribution in [1.82, 2.24) is 15.1 Å². The Bertz CT molecular complexity index is 409. The maximum atomic E-state index is 5.09. The summed E-state index contributed by atoms with van der Waals surface area (Å²) in [6, 6.07) is 0. The summed E-state index contributed by atoms with van der Waals surface area (Å²) < 4.78 is 10.0. The molecule has 0 unspecified atom stereocenters. The lowest BCUT2D eigenvalue weighted by Gasteiger charge is -1.85. The second-order valence-electron chi connectivity index (χ2n) is 2.42. The molecule has 5 nitrogen and oxygen atoms in total. The Kier molecular flexibility index (Phi) is 2.13. The smallest absolute Gasteiger partial charge is 0.295 e. The topological polar surface area (TPSA) is 65.0 Å². The van der Waals surface area contributed by atoms with Crippen molar-refractivity contribution in [2.24, 2.45) is 0 Å². The van der Waals surface area contributed by atoms with Crippen LogP contribution < -0.4 is 0 Å². The van der Waals surface area contributed by atoms with Gasteiger partial charge >= 0.3 is 0 Å². The Morgan fingerprint density at radius 1 is 1.54 bits per heavy atom. The number of alkyl halides is 1. The van der Waals surface area contributed by atoms with Gasteiger partial charge in [0.1, 0.15) is 0 Å². The molecule has 0 amide bonds. The van der Waals surface area contributed by atoms with Gasteiger partial charge in [-0.15, -0.1) is 0 Å². The van der Waals surface area contributed by atoms with Crippen molar-refractivity contribution in [1.29, 1.82) is 0 Å². The first-order chi connectivity index (χ1) is 6.31. The van der Waals surface area contributed by atoms with Gasteiger partial charge in [-0.1, -0.05) is 21.1 Å². The lowest BCUT2D eigenvalue weighted by Crippen LogP contribution is -1.81. The van der Waals surface area contributed by atoms with E-state index in [9.17, 15) is 0 Å². The number of hydrogen-bond acceptors (Lipinski definition) is 5. The van der Waals surface area contributed by atoms with Gasteiger partial charge in [0.05, 0.1) is 11.0 Å². The standard InChI is InChI=1S/C7H6BrN3O2/c1-4-6(12-3-9-4)7-10-5(2-8)11-13-7/h3H,2H2,1H3. The van der Waals surface area contributed by atoms with Crippen molar-refractivity contribution in [2.75, 3.05) is 0 Å². The third kappa shape index (κ3) is 1.49. The number of aryl methyl sites for hydroxylation is 1. The predicted octanol–water partition coefficient (Wildman–Crippen LogP) is 1.93. The summed E-state index contributed by atoms with van der Waals surface area (Å²) in [5.41, 5.74) is 0.741. The summed E-state index contributed by atoms with van der Waals surface area (Å²) in [5.74, 6) is 1.48. The molecule has 2 aromatic heterocycles. The van der Waals surface area contributed by atoms with E-state index in [1.807, 2.05) is 6.92 Å². The van der Waals surface area contributed by atoms with Crippen LogP contribution in [0.25, 0.3) is 11.7 Å². The number of aromatic nitrogens is 3.